The molecule has 0 fully saturated rings. The summed E-state index contributed by atoms with van der Waals surface area (Å²) in [5, 5.41) is 8.99. The van der Waals surface area contributed by atoms with Crippen LogP contribution in [-0.4, -0.2) is 25.3 Å². The third-order valence-electron chi connectivity index (χ3n) is 2.07. The zero-order valence-corrected chi connectivity index (χ0v) is 9.67. The molecule has 0 amide bonds. The first-order chi connectivity index (χ1) is 7.52. The SMILES string of the molecule is C=C(C(=O)O)c1ccc(OC)c(OC)c1Cl. The molecule has 86 valence electrons. The van der Waals surface area contributed by atoms with Gasteiger partial charge >= 0.3 is 5.97 Å². The smallest absolute Gasteiger partial charge is 0.335 e. The summed E-state index contributed by atoms with van der Waals surface area (Å²) in [4.78, 5) is 10.8. The summed E-state index contributed by atoms with van der Waals surface area (Å²) in [6, 6.07) is 3.11. The molecule has 1 aromatic rings. The van der Waals surface area contributed by atoms with Gasteiger partial charge in [0.25, 0.3) is 0 Å². The Morgan fingerprint density at radius 1 is 1.38 bits per heavy atom. The molecule has 0 saturated heterocycles. The first kappa shape index (κ1) is 12.4. The van der Waals surface area contributed by atoms with E-state index < -0.39 is 5.97 Å². The topological polar surface area (TPSA) is 55.8 Å². The Morgan fingerprint density at radius 3 is 2.44 bits per heavy atom. The van der Waals surface area contributed by atoms with E-state index >= 15 is 0 Å². The van der Waals surface area contributed by atoms with E-state index in [-0.39, 0.29) is 10.6 Å². The zero-order valence-electron chi connectivity index (χ0n) is 8.91. The van der Waals surface area contributed by atoms with Crippen molar-refractivity contribution in [1.29, 1.82) is 0 Å². The van der Waals surface area contributed by atoms with Gasteiger partial charge in [-0.15, -0.1) is 0 Å². The van der Waals surface area contributed by atoms with Crippen molar-refractivity contribution >= 4 is 23.1 Å². The van der Waals surface area contributed by atoms with Gasteiger partial charge in [-0.3, -0.25) is 0 Å². The van der Waals surface area contributed by atoms with Gasteiger partial charge in [0.2, 0.25) is 0 Å². The van der Waals surface area contributed by atoms with Gasteiger partial charge in [-0.05, 0) is 12.1 Å². The normalized spacial score (nSPS) is 9.69. The number of carbonyl (C=O) groups is 1. The molecule has 0 bridgehead atoms. The van der Waals surface area contributed by atoms with Gasteiger partial charge in [0.05, 0.1) is 24.8 Å². The predicted octanol–water partition coefficient (Wildman–Crippen LogP) is 2.46. The number of hydrogen-bond acceptors (Lipinski definition) is 3. The van der Waals surface area contributed by atoms with Crippen LogP contribution in [0.25, 0.3) is 5.57 Å². The highest BCUT2D eigenvalue weighted by Gasteiger charge is 2.17. The second-order valence-corrected chi connectivity index (χ2v) is 3.32. The number of carboxylic acid groups (broad SMARTS) is 1. The maximum absolute atomic E-state index is 10.8. The number of ether oxygens (including phenoxy) is 2. The van der Waals surface area contributed by atoms with Crippen LogP contribution < -0.4 is 9.47 Å². The van der Waals surface area contributed by atoms with E-state index in [0.29, 0.717) is 17.1 Å². The summed E-state index contributed by atoms with van der Waals surface area (Å²) in [7, 11) is 2.90. The summed E-state index contributed by atoms with van der Waals surface area (Å²) in [5.74, 6) is -0.396. The fraction of sp³-hybridized carbons (Fsp3) is 0.182. The van der Waals surface area contributed by atoms with Gasteiger partial charge in [0, 0.05) is 5.56 Å². The summed E-state index contributed by atoms with van der Waals surface area (Å²) in [6.45, 7) is 3.44. The van der Waals surface area contributed by atoms with Gasteiger partial charge in [-0.25, -0.2) is 4.79 Å². The Morgan fingerprint density at radius 2 is 2.00 bits per heavy atom. The van der Waals surface area contributed by atoms with Crippen molar-refractivity contribution in [3.8, 4) is 11.5 Å². The van der Waals surface area contributed by atoms with Gasteiger partial charge in [0.1, 0.15) is 0 Å². The van der Waals surface area contributed by atoms with E-state index in [1.165, 1.54) is 20.3 Å². The highest BCUT2D eigenvalue weighted by molar-refractivity contribution is 6.35. The van der Waals surface area contributed by atoms with Crippen molar-refractivity contribution in [2.45, 2.75) is 0 Å². The second kappa shape index (κ2) is 4.90. The van der Waals surface area contributed by atoms with Crippen molar-refractivity contribution in [2.24, 2.45) is 0 Å². The fourth-order valence-electron chi connectivity index (χ4n) is 1.24. The molecule has 0 unspecified atom stereocenters. The first-order valence-corrected chi connectivity index (χ1v) is 4.73. The minimum atomic E-state index is -1.13. The molecule has 0 aliphatic heterocycles. The summed E-state index contributed by atoms with van der Waals surface area (Å²) in [5.41, 5.74) is 0.220. The Kier molecular flexibility index (Phi) is 3.79. The molecule has 5 heteroatoms. The lowest BCUT2D eigenvalue weighted by Gasteiger charge is -2.12. The molecule has 0 radical (unpaired) electrons. The number of carboxylic acids is 1. The Bertz CT molecular complexity index is 440. The summed E-state index contributed by atoms with van der Waals surface area (Å²) in [6.07, 6.45) is 0. The lowest BCUT2D eigenvalue weighted by molar-refractivity contribution is -0.130. The number of rotatable bonds is 4. The molecule has 0 aromatic heterocycles. The molecule has 0 spiro atoms. The number of benzene rings is 1. The molecule has 16 heavy (non-hydrogen) atoms. The van der Waals surface area contributed by atoms with Crippen molar-refractivity contribution < 1.29 is 19.4 Å². The molecule has 1 aromatic carbocycles. The largest absolute Gasteiger partial charge is 0.493 e. The van der Waals surface area contributed by atoms with Crippen LogP contribution in [0, 0.1) is 0 Å². The standard InChI is InChI=1S/C11H11ClO4/c1-6(11(13)14)7-4-5-8(15-2)10(16-3)9(7)12/h4-5H,1H2,2-3H3,(H,13,14). The van der Waals surface area contributed by atoms with Gasteiger partial charge in [0.15, 0.2) is 11.5 Å². The van der Waals surface area contributed by atoms with E-state index in [9.17, 15) is 4.79 Å². The molecule has 0 aliphatic carbocycles. The second-order valence-electron chi connectivity index (χ2n) is 2.95. The Balaban J connectivity index is 3.34. The van der Waals surface area contributed by atoms with Crippen molar-refractivity contribution in [3.05, 3.63) is 29.3 Å². The molecule has 1 rings (SSSR count). The lowest BCUT2D eigenvalue weighted by Crippen LogP contribution is -2.00. The van der Waals surface area contributed by atoms with Crippen molar-refractivity contribution in [1.82, 2.24) is 0 Å². The lowest BCUT2D eigenvalue weighted by atomic mass is 10.1. The maximum atomic E-state index is 10.8. The van der Waals surface area contributed by atoms with Crippen LogP contribution in [0.3, 0.4) is 0 Å². The zero-order chi connectivity index (χ0) is 12.3. The Hall–Kier alpha value is -1.68. The number of halogens is 1. The van der Waals surface area contributed by atoms with Crippen LogP contribution >= 0.6 is 11.6 Å². The van der Waals surface area contributed by atoms with Gasteiger partial charge in [-0.2, -0.15) is 0 Å². The maximum Gasteiger partial charge on any atom is 0.335 e. The average Bonchev–Trinajstić information content (AvgIpc) is 2.27. The van der Waals surface area contributed by atoms with Crippen LogP contribution in [-0.2, 0) is 4.79 Å². The molecule has 0 saturated carbocycles. The molecular formula is C11H11ClO4. The van der Waals surface area contributed by atoms with E-state index in [1.54, 1.807) is 6.07 Å². The molecule has 0 atom stereocenters. The molecule has 0 heterocycles. The first-order valence-electron chi connectivity index (χ1n) is 4.36. The predicted molar refractivity (Wildman–Crippen MR) is 61.2 cm³/mol. The van der Waals surface area contributed by atoms with Gasteiger partial charge in [-0.1, -0.05) is 18.2 Å². The summed E-state index contributed by atoms with van der Waals surface area (Å²) < 4.78 is 10.1. The fourth-order valence-corrected chi connectivity index (χ4v) is 1.58. The molecular weight excluding hydrogens is 232 g/mol. The van der Waals surface area contributed by atoms with Crippen LogP contribution in [0.2, 0.25) is 5.02 Å². The number of methoxy groups -OCH3 is 2. The number of hydrogen-bond donors (Lipinski definition) is 1. The highest BCUT2D eigenvalue weighted by Crippen LogP contribution is 2.39. The quantitative estimate of drug-likeness (QED) is 0.824. The van der Waals surface area contributed by atoms with Crippen LogP contribution in [0.1, 0.15) is 5.56 Å². The van der Waals surface area contributed by atoms with Gasteiger partial charge < -0.3 is 14.6 Å². The average molecular weight is 243 g/mol. The Labute approximate surface area is 98.1 Å². The van der Waals surface area contributed by atoms with Crippen LogP contribution in [0.15, 0.2) is 18.7 Å². The van der Waals surface area contributed by atoms with Crippen molar-refractivity contribution in [2.75, 3.05) is 14.2 Å². The molecule has 4 nitrogen and oxygen atoms in total. The van der Waals surface area contributed by atoms with E-state index in [0.717, 1.165) is 0 Å². The number of aliphatic carboxylic acids is 1. The third-order valence-corrected chi connectivity index (χ3v) is 2.44. The van der Waals surface area contributed by atoms with E-state index in [2.05, 4.69) is 6.58 Å². The molecule has 1 N–H and O–H groups in total. The highest BCUT2D eigenvalue weighted by atomic mass is 35.5. The van der Waals surface area contributed by atoms with Crippen LogP contribution in [0.5, 0.6) is 11.5 Å². The van der Waals surface area contributed by atoms with E-state index in [4.69, 9.17) is 26.2 Å². The third kappa shape index (κ3) is 2.12. The van der Waals surface area contributed by atoms with E-state index in [1.807, 2.05) is 0 Å². The monoisotopic (exact) mass is 242 g/mol. The minimum Gasteiger partial charge on any atom is -0.493 e. The van der Waals surface area contributed by atoms with Crippen LogP contribution in [0.4, 0.5) is 0 Å². The minimum absolute atomic E-state index is 0.0917. The van der Waals surface area contributed by atoms with Crippen molar-refractivity contribution in [3.63, 3.8) is 0 Å². The molecule has 0 aliphatic rings. The summed E-state index contributed by atoms with van der Waals surface area (Å²) >= 11 is 6.00.